The van der Waals surface area contributed by atoms with E-state index in [4.69, 9.17) is 9.47 Å². The van der Waals surface area contributed by atoms with E-state index in [0.717, 1.165) is 23.3 Å². The summed E-state index contributed by atoms with van der Waals surface area (Å²) in [7, 11) is 1.66. The molecular weight excluding hydrogens is 303 g/mol. The van der Waals surface area contributed by atoms with Crippen LogP contribution in [-0.4, -0.2) is 29.5 Å². The molecule has 1 aromatic heterocycles. The SMILES string of the molecule is CCOC(=O)[C@H]1C[C@@H]1c1cnn(Cc2ccc(OC)cc2)c1.[H-].[Na+]. The van der Waals surface area contributed by atoms with Crippen LogP contribution in [0.25, 0.3) is 0 Å². The van der Waals surface area contributed by atoms with E-state index >= 15 is 0 Å². The molecule has 0 unspecified atom stereocenters. The summed E-state index contributed by atoms with van der Waals surface area (Å²) in [4.78, 5) is 11.7. The Bertz CT molecular complexity index is 660. The van der Waals surface area contributed by atoms with Gasteiger partial charge in [-0.15, -0.1) is 0 Å². The zero-order valence-electron chi connectivity index (χ0n) is 14.9. The summed E-state index contributed by atoms with van der Waals surface area (Å²) >= 11 is 0. The van der Waals surface area contributed by atoms with Gasteiger partial charge in [0.25, 0.3) is 0 Å². The third kappa shape index (κ3) is 4.37. The maximum atomic E-state index is 11.7. The normalized spacial score (nSPS) is 18.9. The average molecular weight is 324 g/mol. The van der Waals surface area contributed by atoms with Crippen LogP contribution in [0.3, 0.4) is 0 Å². The minimum atomic E-state index is -0.0876. The second-order valence-electron chi connectivity index (χ2n) is 5.52. The number of carbonyl (C=O) groups excluding carboxylic acids is 1. The van der Waals surface area contributed by atoms with E-state index in [1.807, 2.05) is 48.3 Å². The van der Waals surface area contributed by atoms with Gasteiger partial charge in [0.05, 0.1) is 32.4 Å². The molecule has 1 saturated carbocycles. The zero-order valence-corrected chi connectivity index (χ0v) is 15.9. The van der Waals surface area contributed by atoms with Crippen LogP contribution in [0.1, 0.15) is 31.8 Å². The predicted molar refractivity (Wildman–Crippen MR) is 82.9 cm³/mol. The number of hydrogen-bond acceptors (Lipinski definition) is 4. The zero-order chi connectivity index (χ0) is 15.5. The van der Waals surface area contributed by atoms with Crippen LogP contribution in [-0.2, 0) is 16.1 Å². The van der Waals surface area contributed by atoms with Crippen molar-refractivity contribution in [1.82, 2.24) is 9.78 Å². The van der Waals surface area contributed by atoms with Crippen LogP contribution < -0.4 is 34.3 Å². The van der Waals surface area contributed by atoms with Crippen molar-refractivity contribution in [1.29, 1.82) is 0 Å². The fourth-order valence-electron chi connectivity index (χ4n) is 2.65. The summed E-state index contributed by atoms with van der Waals surface area (Å²) in [6.07, 6.45) is 4.74. The molecule has 0 spiro atoms. The Morgan fingerprint density at radius 2 is 2.13 bits per heavy atom. The molecule has 1 heterocycles. The van der Waals surface area contributed by atoms with Gasteiger partial charge in [0.2, 0.25) is 0 Å². The molecule has 1 aliphatic rings. The first-order chi connectivity index (χ1) is 10.7. The van der Waals surface area contributed by atoms with E-state index in [1.165, 1.54) is 0 Å². The number of benzene rings is 1. The quantitative estimate of drug-likeness (QED) is 0.542. The summed E-state index contributed by atoms with van der Waals surface area (Å²) in [6, 6.07) is 7.94. The number of hydrogen-bond donors (Lipinski definition) is 0. The monoisotopic (exact) mass is 324 g/mol. The molecule has 0 aliphatic heterocycles. The van der Waals surface area contributed by atoms with E-state index in [0.29, 0.717) is 13.2 Å². The molecule has 1 aromatic carbocycles. The molecule has 3 rings (SSSR count). The second-order valence-corrected chi connectivity index (χ2v) is 5.52. The van der Waals surface area contributed by atoms with Gasteiger partial charge in [0.1, 0.15) is 5.75 Å². The smallest absolute Gasteiger partial charge is 1.00 e. The molecule has 6 heteroatoms. The maximum absolute atomic E-state index is 11.7. The Hall–Kier alpha value is -1.30. The number of methoxy groups -OCH3 is 1. The molecule has 1 aliphatic carbocycles. The molecule has 1 fully saturated rings. The molecule has 5 nitrogen and oxygen atoms in total. The van der Waals surface area contributed by atoms with Gasteiger partial charge in [-0.25, -0.2) is 0 Å². The van der Waals surface area contributed by atoms with Crippen molar-refractivity contribution >= 4 is 5.97 Å². The van der Waals surface area contributed by atoms with Crippen molar-refractivity contribution in [2.45, 2.75) is 25.8 Å². The van der Waals surface area contributed by atoms with Crippen molar-refractivity contribution in [2.24, 2.45) is 5.92 Å². The van der Waals surface area contributed by atoms with E-state index in [-0.39, 0.29) is 48.8 Å². The molecule has 118 valence electrons. The molecule has 0 amide bonds. The third-order valence-electron chi connectivity index (χ3n) is 3.96. The molecular formula is C17H21N2NaO3. The first-order valence-electron chi connectivity index (χ1n) is 7.53. The predicted octanol–water partition coefficient (Wildman–Crippen LogP) is -0.277. The molecule has 0 N–H and O–H groups in total. The molecule has 2 aromatic rings. The van der Waals surface area contributed by atoms with Crippen LogP contribution >= 0.6 is 0 Å². The van der Waals surface area contributed by atoms with Crippen molar-refractivity contribution in [3.8, 4) is 5.75 Å². The Balaban J connectivity index is 0.00000144. The van der Waals surface area contributed by atoms with Crippen molar-refractivity contribution < 1.29 is 45.3 Å². The molecule has 2 atom stereocenters. The maximum Gasteiger partial charge on any atom is 1.00 e. The van der Waals surface area contributed by atoms with Gasteiger partial charge in [-0.1, -0.05) is 12.1 Å². The topological polar surface area (TPSA) is 53.3 Å². The fraction of sp³-hybridized carbons (Fsp3) is 0.412. The van der Waals surface area contributed by atoms with Gasteiger partial charge < -0.3 is 10.9 Å². The number of rotatable bonds is 6. The standard InChI is InChI=1S/C17H20N2O3.Na.H/c1-3-22-17(20)16-8-15(16)13-9-18-19(11-13)10-12-4-6-14(21-2)7-5-12;;/h4-7,9,11,15-16H,3,8,10H2,1-2H3;;/q;+1;-1/t15-,16+;;/m1../s1. The van der Waals surface area contributed by atoms with Gasteiger partial charge in [-0.3, -0.25) is 9.48 Å². The van der Waals surface area contributed by atoms with Gasteiger partial charge in [-0.05, 0) is 36.6 Å². The molecule has 0 saturated heterocycles. The number of aromatic nitrogens is 2. The van der Waals surface area contributed by atoms with E-state index in [9.17, 15) is 4.79 Å². The van der Waals surface area contributed by atoms with Crippen LogP contribution in [0.15, 0.2) is 36.7 Å². The third-order valence-corrected chi connectivity index (χ3v) is 3.96. The van der Waals surface area contributed by atoms with E-state index in [2.05, 4.69) is 5.10 Å². The first kappa shape index (κ1) is 18.0. The van der Waals surface area contributed by atoms with Gasteiger partial charge >= 0.3 is 35.5 Å². The minimum absolute atomic E-state index is 0. The molecule has 0 bridgehead atoms. The van der Waals surface area contributed by atoms with Crippen molar-refractivity contribution in [2.75, 3.05) is 13.7 Å². The van der Waals surface area contributed by atoms with Gasteiger partial charge in [-0.2, -0.15) is 5.10 Å². The summed E-state index contributed by atoms with van der Waals surface area (Å²) in [5.74, 6) is 1.04. The van der Waals surface area contributed by atoms with E-state index in [1.54, 1.807) is 7.11 Å². The van der Waals surface area contributed by atoms with Crippen LogP contribution in [0, 0.1) is 5.92 Å². The van der Waals surface area contributed by atoms with Gasteiger partial charge in [0.15, 0.2) is 0 Å². The van der Waals surface area contributed by atoms with Gasteiger partial charge in [0, 0.05) is 12.1 Å². The minimum Gasteiger partial charge on any atom is -1.00 e. The first-order valence-corrected chi connectivity index (χ1v) is 7.53. The Morgan fingerprint density at radius 1 is 1.39 bits per heavy atom. The number of nitrogens with zero attached hydrogens (tertiary/aromatic N) is 2. The summed E-state index contributed by atoms with van der Waals surface area (Å²) in [5, 5.41) is 4.39. The van der Waals surface area contributed by atoms with Crippen LogP contribution in [0.4, 0.5) is 0 Å². The summed E-state index contributed by atoms with van der Waals surface area (Å²) in [5.41, 5.74) is 2.28. The number of esters is 1. The van der Waals surface area contributed by atoms with Crippen molar-refractivity contribution in [3.63, 3.8) is 0 Å². The van der Waals surface area contributed by atoms with Crippen LogP contribution in [0.5, 0.6) is 5.75 Å². The van der Waals surface area contributed by atoms with Crippen molar-refractivity contribution in [3.05, 3.63) is 47.8 Å². The molecule has 23 heavy (non-hydrogen) atoms. The van der Waals surface area contributed by atoms with E-state index < -0.39 is 0 Å². The largest absolute Gasteiger partial charge is 1.00 e. The number of ether oxygens (including phenoxy) is 2. The number of carbonyl (C=O) groups is 1. The molecule has 0 radical (unpaired) electrons. The summed E-state index contributed by atoms with van der Waals surface area (Å²) in [6.45, 7) is 2.99. The Morgan fingerprint density at radius 3 is 2.78 bits per heavy atom. The summed E-state index contributed by atoms with van der Waals surface area (Å²) < 4.78 is 12.1. The second kappa shape index (κ2) is 7.99. The average Bonchev–Trinajstić information content (AvgIpc) is 3.21. The van der Waals surface area contributed by atoms with Crippen LogP contribution in [0.2, 0.25) is 0 Å². The fourth-order valence-corrected chi connectivity index (χ4v) is 2.65. The Kier molecular flexibility index (Phi) is 6.27. The Labute approximate surface area is 159 Å².